The Balaban J connectivity index is 1.60. The molecule has 0 amide bonds. The summed E-state index contributed by atoms with van der Waals surface area (Å²) < 4.78 is 98.3. The van der Waals surface area contributed by atoms with Gasteiger partial charge in [0.2, 0.25) is 0 Å². The molecule has 0 bridgehead atoms. The number of imidazole rings is 1. The molecule has 0 aliphatic heterocycles. The molecule has 0 saturated carbocycles. The fraction of sp³-hybridized carbons (Fsp3) is 0.0435. The summed E-state index contributed by atoms with van der Waals surface area (Å²) in [5.74, 6) is -7.31. The monoisotopic (exact) mass is 504 g/mol. The highest BCUT2D eigenvalue weighted by molar-refractivity contribution is 7.90. The third-order valence-corrected chi connectivity index (χ3v) is 7.11. The lowest BCUT2D eigenvalue weighted by molar-refractivity contribution is 0.484. The normalized spacial score (nSPS) is 11.9. The number of sulfone groups is 1. The predicted octanol–water partition coefficient (Wildman–Crippen LogP) is 5.29. The average Bonchev–Trinajstić information content (AvgIpc) is 3.49. The maximum Gasteiger partial charge on any atom is 0.185 e. The minimum atomic E-state index is -4.57. The van der Waals surface area contributed by atoms with Crippen LogP contribution in [0.1, 0.15) is 5.56 Å². The molecule has 0 unspecified atom stereocenters. The largest absolute Gasteiger partial charge is 0.343 e. The second kappa shape index (κ2) is 8.31. The third kappa shape index (κ3) is 3.75. The summed E-state index contributed by atoms with van der Waals surface area (Å²) in [6.07, 6.45) is 3.03. The number of rotatable bonds is 5. The molecule has 0 fully saturated rings. The zero-order chi connectivity index (χ0) is 24.9. The van der Waals surface area contributed by atoms with Crippen LogP contribution >= 0.6 is 0 Å². The molecule has 6 nitrogen and oxygen atoms in total. The van der Waals surface area contributed by atoms with Crippen molar-refractivity contribution in [2.24, 2.45) is 0 Å². The first-order valence-electron chi connectivity index (χ1n) is 9.99. The minimum Gasteiger partial charge on any atom is -0.343 e. The molecule has 3 aromatic carbocycles. The molecular weight excluding hydrogens is 491 g/mol. The van der Waals surface area contributed by atoms with E-state index in [-0.39, 0.29) is 5.52 Å². The van der Waals surface area contributed by atoms with E-state index in [0.29, 0.717) is 16.9 Å². The van der Waals surface area contributed by atoms with E-state index in [0.717, 1.165) is 36.4 Å². The summed E-state index contributed by atoms with van der Waals surface area (Å²) in [5.41, 5.74) is -1.73. The molecule has 2 N–H and O–H groups in total. The lowest BCUT2D eigenvalue weighted by Crippen LogP contribution is -2.10. The molecule has 2 heterocycles. The quantitative estimate of drug-likeness (QED) is 0.318. The van der Waals surface area contributed by atoms with Gasteiger partial charge in [0.25, 0.3) is 0 Å². The second-order valence-corrected chi connectivity index (χ2v) is 9.52. The summed E-state index contributed by atoms with van der Waals surface area (Å²) in [5, 5.41) is 6.79. The van der Waals surface area contributed by atoms with Crippen molar-refractivity contribution in [1.82, 2.24) is 20.2 Å². The van der Waals surface area contributed by atoms with E-state index in [1.54, 1.807) is 6.20 Å². The van der Waals surface area contributed by atoms with Gasteiger partial charge >= 0.3 is 0 Å². The number of benzene rings is 3. The topological polar surface area (TPSA) is 91.5 Å². The molecule has 5 aromatic rings. The van der Waals surface area contributed by atoms with E-state index in [4.69, 9.17) is 0 Å². The van der Waals surface area contributed by atoms with Crippen LogP contribution in [0, 0.1) is 29.1 Å². The first kappa shape index (κ1) is 22.7. The van der Waals surface area contributed by atoms with E-state index >= 15 is 8.78 Å². The van der Waals surface area contributed by atoms with Crippen molar-refractivity contribution < 1.29 is 30.4 Å². The summed E-state index contributed by atoms with van der Waals surface area (Å²) in [7, 11) is -4.57. The van der Waals surface area contributed by atoms with Crippen LogP contribution in [0.3, 0.4) is 0 Å². The van der Waals surface area contributed by atoms with Gasteiger partial charge in [-0.25, -0.2) is 35.4 Å². The summed E-state index contributed by atoms with van der Waals surface area (Å²) in [6.45, 7) is 0. The number of hydrogen-bond donors (Lipinski definition) is 2. The molecule has 2 aromatic heterocycles. The van der Waals surface area contributed by atoms with Crippen LogP contribution in [0.5, 0.6) is 0 Å². The number of H-pyrrole nitrogens is 2. The van der Waals surface area contributed by atoms with Gasteiger partial charge in [0.05, 0.1) is 11.3 Å². The first-order valence-corrected chi connectivity index (χ1v) is 11.6. The Morgan fingerprint density at radius 1 is 0.857 bits per heavy atom. The minimum absolute atomic E-state index is 0.215. The van der Waals surface area contributed by atoms with Crippen LogP contribution in [0.4, 0.5) is 22.0 Å². The van der Waals surface area contributed by atoms with Gasteiger partial charge in [0.15, 0.2) is 33.1 Å². The van der Waals surface area contributed by atoms with Gasteiger partial charge in [-0.05, 0) is 24.3 Å². The smallest absolute Gasteiger partial charge is 0.185 e. The van der Waals surface area contributed by atoms with Crippen molar-refractivity contribution in [3.05, 3.63) is 89.5 Å². The molecule has 35 heavy (non-hydrogen) atoms. The van der Waals surface area contributed by atoms with Crippen LogP contribution in [-0.4, -0.2) is 28.6 Å². The van der Waals surface area contributed by atoms with Gasteiger partial charge in [-0.3, -0.25) is 5.10 Å². The van der Waals surface area contributed by atoms with E-state index in [1.807, 2.05) is 0 Å². The molecule has 0 aliphatic rings. The number of nitrogens with zero attached hydrogens (tertiary/aromatic N) is 2. The molecule has 0 radical (unpaired) electrons. The number of aromatic amines is 2. The first-order chi connectivity index (χ1) is 16.7. The van der Waals surface area contributed by atoms with Gasteiger partial charge in [0, 0.05) is 28.9 Å². The van der Waals surface area contributed by atoms with E-state index < -0.39 is 66.3 Å². The van der Waals surface area contributed by atoms with Crippen molar-refractivity contribution >= 4 is 20.7 Å². The van der Waals surface area contributed by atoms with Crippen LogP contribution in [0.2, 0.25) is 0 Å². The van der Waals surface area contributed by atoms with Crippen molar-refractivity contribution in [2.75, 3.05) is 0 Å². The molecule has 12 heteroatoms. The molecule has 0 aliphatic carbocycles. The van der Waals surface area contributed by atoms with Crippen molar-refractivity contribution in [1.29, 1.82) is 0 Å². The Morgan fingerprint density at radius 2 is 1.66 bits per heavy atom. The molecule has 178 valence electrons. The highest BCUT2D eigenvalue weighted by Crippen LogP contribution is 2.36. The van der Waals surface area contributed by atoms with Crippen molar-refractivity contribution in [2.45, 2.75) is 10.6 Å². The molecule has 0 spiro atoms. The van der Waals surface area contributed by atoms with Gasteiger partial charge < -0.3 is 4.98 Å². The number of nitrogens with one attached hydrogen (secondary N) is 2. The second-order valence-electron chi connectivity index (χ2n) is 7.57. The Hall–Kier alpha value is -4.06. The molecule has 0 saturated heterocycles. The number of fused-ring (bicyclic) bond motifs is 1. The van der Waals surface area contributed by atoms with Gasteiger partial charge in [-0.2, -0.15) is 5.10 Å². The maximum absolute atomic E-state index is 15.4. The molecule has 5 rings (SSSR count). The average molecular weight is 504 g/mol. The number of aromatic nitrogens is 4. The fourth-order valence-corrected chi connectivity index (χ4v) is 5.23. The zero-order valence-corrected chi connectivity index (χ0v) is 18.2. The maximum atomic E-state index is 15.4. The Morgan fingerprint density at radius 3 is 2.40 bits per heavy atom. The highest BCUT2D eigenvalue weighted by atomic mass is 32.2. The van der Waals surface area contributed by atoms with E-state index in [1.165, 1.54) is 12.3 Å². The van der Waals surface area contributed by atoms with Crippen LogP contribution < -0.4 is 0 Å². The predicted molar refractivity (Wildman–Crippen MR) is 116 cm³/mol. The SMILES string of the molecule is O=S(=O)(Cc1ccc(F)c(-c2ccc3c(-c4ncc[nH]4)[nH]nc3c2F)c1F)c1cccc(F)c1F. The van der Waals surface area contributed by atoms with Crippen molar-refractivity contribution in [3.63, 3.8) is 0 Å². The van der Waals surface area contributed by atoms with Crippen LogP contribution in [0.15, 0.2) is 59.8 Å². The molecule has 0 atom stereocenters. The summed E-state index contributed by atoms with van der Waals surface area (Å²) in [6, 6.07) is 6.69. The Labute approximate surface area is 194 Å². The van der Waals surface area contributed by atoms with Gasteiger partial charge in [-0.1, -0.05) is 18.2 Å². The lowest BCUT2D eigenvalue weighted by atomic mass is 9.99. The zero-order valence-electron chi connectivity index (χ0n) is 17.4. The summed E-state index contributed by atoms with van der Waals surface area (Å²) in [4.78, 5) is 5.91. The third-order valence-electron chi connectivity index (χ3n) is 5.44. The van der Waals surface area contributed by atoms with Crippen LogP contribution in [0.25, 0.3) is 33.5 Å². The van der Waals surface area contributed by atoms with Gasteiger partial charge in [-0.15, -0.1) is 0 Å². The van der Waals surface area contributed by atoms with Crippen molar-refractivity contribution in [3.8, 4) is 22.6 Å². The Bertz CT molecular complexity index is 1700. The Kier molecular flexibility index (Phi) is 5.39. The van der Waals surface area contributed by atoms with E-state index in [9.17, 15) is 21.6 Å². The summed E-state index contributed by atoms with van der Waals surface area (Å²) >= 11 is 0. The highest BCUT2D eigenvalue weighted by Gasteiger charge is 2.27. The number of halogens is 5. The fourth-order valence-electron chi connectivity index (χ4n) is 3.78. The standard InChI is InChI=1S/C23H13F5N4O2S/c24-14-7-4-11(10-35(33,34)16-3-1-2-15(25)20(16)28)18(26)17(14)12-5-6-13-21(19(12)27)31-32-22(13)23-29-8-9-30-23/h1-9H,10H2,(H,29,30)(H,31,32). The lowest BCUT2D eigenvalue weighted by Gasteiger charge is -2.12. The van der Waals surface area contributed by atoms with Crippen LogP contribution in [-0.2, 0) is 15.6 Å². The number of hydrogen-bond acceptors (Lipinski definition) is 4. The molecular formula is C23H13F5N4O2S. The van der Waals surface area contributed by atoms with Gasteiger partial charge in [0.1, 0.15) is 27.7 Å². The van der Waals surface area contributed by atoms with E-state index in [2.05, 4.69) is 20.2 Å².